The minimum atomic E-state index is -0.344. The van der Waals surface area contributed by atoms with Crippen LogP contribution in [-0.2, 0) is 4.74 Å². The van der Waals surface area contributed by atoms with Crippen molar-refractivity contribution in [2.75, 3.05) is 14.2 Å². The van der Waals surface area contributed by atoms with Crippen molar-refractivity contribution in [1.29, 1.82) is 0 Å². The molecule has 0 N–H and O–H groups in total. The van der Waals surface area contributed by atoms with Crippen molar-refractivity contribution in [3.63, 3.8) is 0 Å². The van der Waals surface area contributed by atoms with Gasteiger partial charge in [0, 0.05) is 0 Å². The van der Waals surface area contributed by atoms with Crippen LogP contribution in [0.1, 0.15) is 10.4 Å². The quantitative estimate of drug-likeness (QED) is 0.618. The van der Waals surface area contributed by atoms with Crippen molar-refractivity contribution >= 4 is 28.6 Å². The van der Waals surface area contributed by atoms with Crippen molar-refractivity contribution in [3.05, 3.63) is 27.3 Å². The first-order valence-corrected chi connectivity index (χ1v) is 4.69. The number of hydrogen-bond acceptors (Lipinski definition) is 3. The molecule has 0 saturated heterocycles. The maximum Gasteiger partial charge on any atom is 0.339 e. The van der Waals surface area contributed by atoms with Crippen LogP contribution in [0.5, 0.6) is 5.75 Å². The average Bonchev–Trinajstić information content (AvgIpc) is 2.17. The first-order chi connectivity index (χ1) is 6.20. The fraction of sp³-hybridized carbons (Fsp3) is 0.222. The lowest BCUT2D eigenvalue weighted by molar-refractivity contribution is 0.0599. The number of carbonyl (C=O) groups excluding carboxylic acids is 1. The Morgan fingerprint density at radius 3 is 2.62 bits per heavy atom. The molecule has 0 aromatic heterocycles. The minimum absolute atomic E-state index is 0.344. The zero-order valence-corrected chi connectivity index (χ0v) is 9.49. The monoisotopic (exact) mass is 292 g/mol. The van der Waals surface area contributed by atoms with E-state index in [1.165, 1.54) is 7.11 Å². The van der Waals surface area contributed by atoms with Gasteiger partial charge in [-0.25, -0.2) is 4.79 Å². The number of benzene rings is 1. The third kappa shape index (κ3) is 2.12. The lowest BCUT2D eigenvalue weighted by Crippen LogP contribution is -2.04. The van der Waals surface area contributed by atoms with Crippen LogP contribution in [0.15, 0.2) is 18.2 Å². The molecule has 0 bridgehead atoms. The van der Waals surface area contributed by atoms with Crippen LogP contribution in [-0.4, -0.2) is 20.2 Å². The Bertz CT molecular complexity index is 323. The van der Waals surface area contributed by atoms with Gasteiger partial charge in [-0.15, -0.1) is 0 Å². The molecule has 0 aliphatic carbocycles. The van der Waals surface area contributed by atoms with Crippen LogP contribution >= 0.6 is 22.6 Å². The van der Waals surface area contributed by atoms with Gasteiger partial charge in [0.2, 0.25) is 0 Å². The molecular formula is C9H9IO3. The highest BCUT2D eigenvalue weighted by Crippen LogP contribution is 2.24. The molecule has 0 radical (unpaired) electrons. The highest BCUT2D eigenvalue weighted by molar-refractivity contribution is 14.1. The second-order valence-electron chi connectivity index (χ2n) is 2.31. The summed E-state index contributed by atoms with van der Waals surface area (Å²) in [5.41, 5.74) is 0.530. The molecule has 4 heteroatoms. The summed E-state index contributed by atoms with van der Waals surface area (Å²) in [6.45, 7) is 0. The fourth-order valence-electron chi connectivity index (χ4n) is 0.936. The molecule has 0 heterocycles. The summed E-state index contributed by atoms with van der Waals surface area (Å²) in [6.07, 6.45) is 0. The van der Waals surface area contributed by atoms with Crippen molar-refractivity contribution in [1.82, 2.24) is 0 Å². The molecule has 0 unspecified atom stereocenters. The Hall–Kier alpha value is -0.780. The highest BCUT2D eigenvalue weighted by atomic mass is 127. The predicted octanol–water partition coefficient (Wildman–Crippen LogP) is 2.09. The number of rotatable bonds is 2. The molecule has 1 rings (SSSR count). The normalized spacial score (nSPS) is 9.46. The van der Waals surface area contributed by atoms with E-state index >= 15 is 0 Å². The first-order valence-electron chi connectivity index (χ1n) is 3.61. The predicted molar refractivity (Wildman–Crippen MR) is 57.1 cm³/mol. The third-order valence-corrected chi connectivity index (χ3v) is 2.70. The Kier molecular flexibility index (Phi) is 3.53. The summed E-state index contributed by atoms with van der Waals surface area (Å²) in [6, 6.07) is 5.26. The van der Waals surface area contributed by atoms with E-state index in [2.05, 4.69) is 27.3 Å². The molecule has 0 aliphatic rings. The lowest BCUT2D eigenvalue weighted by atomic mass is 10.2. The molecule has 0 fully saturated rings. The first kappa shape index (κ1) is 10.3. The van der Waals surface area contributed by atoms with Crippen molar-refractivity contribution in [2.24, 2.45) is 0 Å². The molecular weight excluding hydrogens is 283 g/mol. The standard InChI is InChI=1S/C9H9IO3/c1-12-7-5-3-4-6(8(7)10)9(11)13-2/h3-5H,1-2H3. The Morgan fingerprint density at radius 1 is 1.38 bits per heavy atom. The number of carbonyl (C=O) groups is 1. The zero-order chi connectivity index (χ0) is 9.84. The van der Waals surface area contributed by atoms with Crippen LogP contribution in [0.3, 0.4) is 0 Å². The van der Waals surface area contributed by atoms with Gasteiger partial charge in [0.15, 0.2) is 0 Å². The Balaban J connectivity index is 3.15. The van der Waals surface area contributed by atoms with E-state index in [-0.39, 0.29) is 5.97 Å². The summed E-state index contributed by atoms with van der Waals surface area (Å²) in [5.74, 6) is 0.340. The highest BCUT2D eigenvalue weighted by Gasteiger charge is 2.12. The number of hydrogen-bond donors (Lipinski definition) is 0. The van der Waals surface area contributed by atoms with Crippen molar-refractivity contribution in [2.45, 2.75) is 0 Å². The van der Waals surface area contributed by atoms with Gasteiger partial charge in [-0.05, 0) is 34.7 Å². The minimum Gasteiger partial charge on any atom is -0.496 e. The Morgan fingerprint density at radius 2 is 2.08 bits per heavy atom. The summed E-state index contributed by atoms with van der Waals surface area (Å²) in [5, 5.41) is 0. The van der Waals surface area contributed by atoms with Gasteiger partial charge < -0.3 is 9.47 Å². The summed E-state index contributed by atoms with van der Waals surface area (Å²) in [7, 11) is 2.93. The molecule has 0 saturated carbocycles. The van der Waals surface area contributed by atoms with Gasteiger partial charge >= 0.3 is 5.97 Å². The fourth-order valence-corrected chi connectivity index (χ4v) is 1.74. The van der Waals surface area contributed by atoms with Gasteiger partial charge in [-0.2, -0.15) is 0 Å². The second-order valence-corrected chi connectivity index (χ2v) is 3.39. The molecule has 1 aromatic carbocycles. The number of methoxy groups -OCH3 is 2. The number of ether oxygens (including phenoxy) is 2. The van der Waals surface area contributed by atoms with Gasteiger partial charge in [0.25, 0.3) is 0 Å². The van der Waals surface area contributed by atoms with E-state index in [0.717, 1.165) is 3.57 Å². The number of esters is 1. The van der Waals surface area contributed by atoms with Crippen LogP contribution in [0.25, 0.3) is 0 Å². The topological polar surface area (TPSA) is 35.5 Å². The molecule has 0 amide bonds. The van der Waals surface area contributed by atoms with Crippen LogP contribution in [0, 0.1) is 3.57 Å². The molecule has 0 aliphatic heterocycles. The largest absolute Gasteiger partial charge is 0.496 e. The third-order valence-electron chi connectivity index (χ3n) is 1.59. The van der Waals surface area contributed by atoms with E-state index in [1.807, 2.05) is 0 Å². The van der Waals surface area contributed by atoms with Crippen LogP contribution in [0.4, 0.5) is 0 Å². The van der Waals surface area contributed by atoms with Gasteiger partial charge in [0.05, 0.1) is 23.4 Å². The van der Waals surface area contributed by atoms with E-state index in [0.29, 0.717) is 11.3 Å². The van der Waals surface area contributed by atoms with Crippen molar-refractivity contribution in [3.8, 4) is 5.75 Å². The van der Waals surface area contributed by atoms with E-state index in [4.69, 9.17) is 4.74 Å². The van der Waals surface area contributed by atoms with E-state index < -0.39 is 0 Å². The number of halogens is 1. The second kappa shape index (κ2) is 4.45. The maximum absolute atomic E-state index is 11.2. The lowest BCUT2D eigenvalue weighted by Gasteiger charge is -2.06. The SMILES string of the molecule is COC(=O)c1cccc(OC)c1I. The molecule has 70 valence electrons. The van der Waals surface area contributed by atoms with Gasteiger partial charge in [0.1, 0.15) is 5.75 Å². The van der Waals surface area contributed by atoms with E-state index in [1.54, 1.807) is 25.3 Å². The van der Waals surface area contributed by atoms with Crippen molar-refractivity contribution < 1.29 is 14.3 Å². The molecule has 0 atom stereocenters. The van der Waals surface area contributed by atoms with E-state index in [9.17, 15) is 4.79 Å². The van der Waals surface area contributed by atoms with Gasteiger partial charge in [-0.1, -0.05) is 6.07 Å². The smallest absolute Gasteiger partial charge is 0.339 e. The zero-order valence-electron chi connectivity index (χ0n) is 7.33. The summed E-state index contributed by atoms with van der Waals surface area (Å²) < 4.78 is 10.5. The van der Waals surface area contributed by atoms with Crippen LogP contribution < -0.4 is 4.74 Å². The summed E-state index contributed by atoms with van der Waals surface area (Å²) >= 11 is 2.05. The van der Waals surface area contributed by atoms with Crippen LogP contribution in [0.2, 0.25) is 0 Å². The Labute approximate surface area is 90.2 Å². The molecule has 3 nitrogen and oxygen atoms in total. The average molecular weight is 292 g/mol. The van der Waals surface area contributed by atoms with Gasteiger partial charge in [-0.3, -0.25) is 0 Å². The maximum atomic E-state index is 11.2. The summed E-state index contributed by atoms with van der Waals surface area (Å²) in [4.78, 5) is 11.2. The molecule has 1 aromatic rings. The molecule has 0 spiro atoms. The molecule has 13 heavy (non-hydrogen) atoms.